The number of phenolic OH excluding ortho intramolecular Hbond substituents is 1. The second kappa shape index (κ2) is 6.13. The monoisotopic (exact) mass is 306 g/mol. The molecule has 0 spiro atoms. The summed E-state index contributed by atoms with van der Waals surface area (Å²) in [6.07, 6.45) is 0.475. The van der Waals surface area contributed by atoms with Gasteiger partial charge in [-0.3, -0.25) is 0 Å². The van der Waals surface area contributed by atoms with Gasteiger partial charge in [-0.05, 0) is 34.4 Å². The van der Waals surface area contributed by atoms with Crippen LogP contribution in [0.25, 0.3) is 10.8 Å². The Morgan fingerprint density at radius 2 is 1.78 bits per heavy atom. The summed E-state index contributed by atoms with van der Waals surface area (Å²) in [5.41, 5.74) is 3.02. The minimum Gasteiger partial charge on any atom is -0.507 e. The summed E-state index contributed by atoms with van der Waals surface area (Å²) < 4.78 is 4.98. The average molecular weight is 306 g/mol. The number of hydrogen-bond acceptors (Lipinski definition) is 3. The fraction of sp³-hybridized carbons (Fsp3) is 0.150. The molecule has 3 aromatic rings. The molecule has 23 heavy (non-hydrogen) atoms. The van der Waals surface area contributed by atoms with Crippen LogP contribution < -0.4 is 0 Å². The van der Waals surface area contributed by atoms with Gasteiger partial charge in [0.05, 0.1) is 12.7 Å². The summed E-state index contributed by atoms with van der Waals surface area (Å²) >= 11 is 0. The van der Waals surface area contributed by atoms with Gasteiger partial charge in [0.1, 0.15) is 5.75 Å². The SMILES string of the molecule is COC(=O)c1c(Cc2cccc(C)c2O)ccc2ccccc12. The summed E-state index contributed by atoms with van der Waals surface area (Å²) in [4.78, 5) is 12.3. The Hall–Kier alpha value is -2.81. The lowest BCUT2D eigenvalue weighted by Crippen LogP contribution is -2.07. The Bertz CT molecular complexity index is 881. The van der Waals surface area contributed by atoms with E-state index in [4.69, 9.17) is 4.74 Å². The molecule has 0 radical (unpaired) electrons. The largest absolute Gasteiger partial charge is 0.507 e. The lowest BCUT2D eigenvalue weighted by atomic mass is 9.93. The van der Waals surface area contributed by atoms with E-state index in [2.05, 4.69) is 0 Å². The first-order valence-electron chi connectivity index (χ1n) is 7.48. The van der Waals surface area contributed by atoms with Crippen molar-refractivity contribution in [3.05, 3.63) is 76.9 Å². The van der Waals surface area contributed by atoms with E-state index in [0.29, 0.717) is 12.0 Å². The van der Waals surface area contributed by atoms with Crippen LogP contribution in [-0.2, 0) is 11.2 Å². The summed E-state index contributed by atoms with van der Waals surface area (Å²) in [6, 6.07) is 17.3. The van der Waals surface area contributed by atoms with Gasteiger partial charge in [-0.2, -0.15) is 0 Å². The van der Waals surface area contributed by atoms with Crippen molar-refractivity contribution in [1.29, 1.82) is 0 Å². The first-order chi connectivity index (χ1) is 11.1. The molecular weight excluding hydrogens is 288 g/mol. The van der Waals surface area contributed by atoms with Gasteiger partial charge in [-0.25, -0.2) is 4.79 Å². The summed E-state index contributed by atoms with van der Waals surface area (Å²) in [7, 11) is 1.39. The highest BCUT2D eigenvalue weighted by atomic mass is 16.5. The molecule has 0 aliphatic carbocycles. The van der Waals surface area contributed by atoms with Crippen molar-refractivity contribution in [1.82, 2.24) is 0 Å². The maximum Gasteiger partial charge on any atom is 0.338 e. The van der Waals surface area contributed by atoms with Crippen molar-refractivity contribution in [3.8, 4) is 5.75 Å². The van der Waals surface area contributed by atoms with Crippen molar-refractivity contribution in [2.75, 3.05) is 7.11 Å². The molecule has 0 atom stereocenters. The van der Waals surface area contributed by atoms with Crippen molar-refractivity contribution in [2.24, 2.45) is 0 Å². The summed E-state index contributed by atoms with van der Waals surface area (Å²) in [5, 5.41) is 12.1. The maximum absolute atomic E-state index is 12.3. The number of carbonyl (C=O) groups excluding carboxylic acids is 1. The fourth-order valence-corrected chi connectivity index (χ4v) is 2.87. The second-order valence-electron chi connectivity index (χ2n) is 5.57. The Labute approximate surface area is 135 Å². The molecule has 3 aromatic carbocycles. The first-order valence-corrected chi connectivity index (χ1v) is 7.48. The number of aryl methyl sites for hydroxylation is 1. The number of ether oxygens (including phenoxy) is 1. The minimum absolute atomic E-state index is 0.275. The van der Waals surface area contributed by atoms with Gasteiger partial charge in [0, 0.05) is 6.42 Å². The van der Waals surface area contributed by atoms with E-state index in [0.717, 1.165) is 27.5 Å². The molecule has 0 amide bonds. The van der Waals surface area contributed by atoms with Crippen LogP contribution >= 0.6 is 0 Å². The molecule has 0 aromatic heterocycles. The quantitative estimate of drug-likeness (QED) is 0.737. The van der Waals surface area contributed by atoms with E-state index in [9.17, 15) is 9.90 Å². The zero-order chi connectivity index (χ0) is 16.4. The molecule has 3 heteroatoms. The van der Waals surface area contributed by atoms with E-state index < -0.39 is 0 Å². The zero-order valence-corrected chi connectivity index (χ0v) is 13.2. The predicted octanol–water partition coefficient (Wildman–Crippen LogP) is 4.23. The summed E-state index contributed by atoms with van der Waals surface area (Å²) in [6.45, 7) is 1.86. The van der Waals surface area contributed by atoms with Crippen LogP contribution in [-0.4, -0.2) is 18.2 Å². The second-order valence-corrected chi connectivity index (χ2v) is 5.57. The van der Waals surface area contributed by atoms with Crippen molar-refractivity contribution in [3.63, 3.8) is 0 Å². The Morgan fingerprint density at radius 3 is 2.57 bits per heavy atom. The van der Waals surface area contributed by atoms with Crippen molar-refractivity contribution >= 4 is 16.7 Å². The fourth-order valence-electron chi connectivity index (χ4n) is 2.87. The molecule has 0 heterocycles. The number of esters is 1. The highest BCUT2D eigenvalue weighted by molar-refractivity contribution is 6.06. The van der Waals surface area contributed by atoms with E-state index in [1.807, 2.05) is 61.5 Å². The lowest BCUT2D eigenvalue weighted by molar-refractivity contribution is 0.0602. The van der Waals surface area contributed by atoms with Crippen LogP contribution in [0, 0.1) is 6.92 Å². The summed E-state index contributed by atoms with van der Waals surface area (Å²) in [5.74, 6) is -0.0829. The highest BCUT2D eigenvalue weighted by Crippen LogP contribution is 2.29. The number of hydrogen-bond donors (Lipinski definition) is 1. The van der Waals surface area contributed by atoms with E-state index in [1.54, 1.807) is 0 Å². The smallest absolute Gasteiger partial charge is 0.338 e. The van der Waals surface area contributed by atoms with Gasteiger partial charge in [-0.15, -0.1) is 0 Å². The minimum atomic E-state index is -0.357. The number of rotatable bonds is 3. The number of fused-ring (bicyclic) bond motifs is 1. The number of benzene rings is 3. The third-order valence-electron chi connectivity index (χ3n) is 4.11. The van der Waals surface area contributed by atoms with Gasteiger partial charge in [-0.1, -0.05) is 54.6 Å². The average Bonchev–Trinajstić information content (AvgIpc) is 2.58. The molecule has 0 saturated heterocycles. The van der Waals surface area contributed by atoms with E-state index >= 15 is 0 Å². The number of para-hydroxylation sites is 1. The lowest BCUT2D eigenvalue weighted by Gasteiger charge is -2.13. The molecule has 0 bridgehead atoms. The third kappa shape index (κ3) is 2.78. The molecule has 0 unspecified atom stereocenters. The first kappa shape index (κ1) is 15.1. The Balaban J connectivity index is 2.17. The number of phenols is 1. The molecule has 0 aliphatic rings. The predicted molar refractivity (Wildman–Crippen MR) is 90.9 cm³/mol. The number of methoxy groups -OCH3 is 1. The van der Waals surface area contributed by atoms with E-state index in [1.165, 1.54) is 7.11 Å². The highest BCUT2D eigenvalue weighted by Gasteiger charge is 2.17. The van der Waals surface area contributed by atoms with Gasteiger partial charge < -0.3 is 9.84 Å². The molecule has 1 N–H and O–H groups in total. The van der Waals surface area contributed by atoms with Crippen LogP contribution in [0.2, 0.25) is 0 Å². The molecule has 0 fully saturated rings. The normalized spacial score (nSPS) is 10.7. The van der Waals surface area contributed by atoms with Gasteiger partial charge in [0.25, 0.3) is 0 Å². The molecule has 0 saturated carbocycles. The molecular formula is C20H18O3. The Morgan fingerprint density at radius 1 is 1.00 bits per heavy atom. The molecule has 0 aliphatic heterocycles. The number of aromatic hydroxyl groups is 1. The van der Waals surface area contributed by atoms with Crippen LogP contribution in [0.4, 0.5) is 0 Å². The molecule has 116 valence electrons. The standard InChI is InChI=1S/C20H18O3/c1-13-6-5-8-16(19(13)21)12-15-11-10-14-7-3-4-9-17(14)18(15)20(22)23-2/h3-11,21H,12H2,1-2H3. The maximum atomic E-state index is 12.3. The van der Waals surface area contributed by atoms with Crippen molar-refractivity contribution < 1.29 is 14.6 Å². The van der Waals surface area contributed by atoms with Gasteiger partial charge >= 0.3 is 5.97 Å². The zero-order valence-electron chi connectivity index (χ0n) is 13.2. The third-order valence-corrected chi connectivity index (χ3v) is 4.11. The number of carbonyl (C=O) groups is 1. The van der Waals surface area contributed by atoms with Gasteiger partial charge in [0.2, 0.25) is 0 Å². The van der Waals surface area contributed by atoms with Gasteiger partial charge in [0.15, 0.2) is 0 Å². The molecule has 3 nitrogen and oxygen atoms in total. The van der Waals surface area contributed by atoms with Crippen LogP contribution in [0.5, 0.6) is 5.75 Å². The van der Waals surface area contributed by atoms with Crippen LogP contribution in [0.3, 0.4) is 0 Å². The van der Waals surface area contributed by atoms with Crippen molar-refractivity contribution in [2.45, 2.75) is 13.3 Å². The molecule has 3 rings (SSSR count). The van der Waals surface area contributed by atoms with Crippen LogP contribution in [0.1, 0.15) is 27.0 Å². The topological polar surface area (TPSA) is 46.5 Å². The van der Waals surface area contributed by atoms with E-state index in [-0.39, 0.29) is 11.7 Å². The Kier molecular flexibility index (Phi) is 4.02. The van der Waals surface area contributed by atoms with Crippen LogP contribution in [0.15, 0.2) is 54.6 Å².